The molecular formula is C23H33FIN5O. The van der Waals surface area contributed by atoms with Crippen molar-refractivity contribution in [1.29, 1.82) is 0 Å². The Balaban J connectivity index is 0.00000341. The average molecular weight is 541 g/mol. The molecule has 1 heterocycles. The summed E-state index contributed by atoms with van der Waals surface area (Å²) in [7, 11) is 5.89. The molecule has 6 nitrogen and oxygen atoms in total. The molecule has 170 valence electrons. The predicted octanol–water partition coefficient (Wildman–Crippen LogP) is 3.28. The van der Waals surface area contributed by atoms with E-state index in [1.165, 1.54) is 12.1 Å². The zero-order chi connectivity index (χ0) is 21.3. The number of benzene rings is 2. The molecule has 0 radical (unpaired) electrons. The number of para-hydroxylation sites is 1. The normalized spacial score (nSPS) is 14.4. The summed E-state index contributed by atoms with van der Waals surface area (Å²) in [6.07, 6.45) is 0. The topological polar surface area (TPSA) is 43.3 Å². The summed E-state index contributed by atoms with van der Waals surface area (Å²) in [5.74, 6) is 1.59. The third-order valence-corrected chi connectivity index (χ3v) is 5.19. The molecule has 1 fully saturated rings. The Labute approximate surface area is 202 Å². The number of anilines is 1. The van der Waals surface area contributed by atoms with Gasteiger partial charge in [0.25, 0.3) is 0 Å². The van der Waals surface area contributed by atoms with Gasteiger partial charge in [0, 0.05) is 57.6 Å². The molecule has 1 aliphatic rings. The number of piperazine rings is 1. The lowest BCUT2D eigenvalue weighted by molar-refractivity contribution is 0.259. The maximum absolute atomic E-state index is 13.2. The number of hydrogen-bond acceptors (Lipinski definition) is 4. The fourth-order valence-electron chi connectivity index (χ4n) is 3.46. The van der Waals surface area contributed by atoms with Crippen LogP contribution in [0.25, 0.3) is 0 Å². The molecule has 0 amide bonds. The average Bonchev–Trinajstić information content (AvgIpc) is 2.76. The van der Waals surface area contributed by atoms with Crippen molar-refractivity contribution in [2.45, 2.75) is 6.54 Å². The van der Waals surface area contributed by atoms with Crippen molar-refractivity contribution in [1.82, 2.24) is 15.1 Å². The van der Waals surface area contributed by atoms with Gasteiger partial charge in [-0.15, -0.1) is 24.0 Å². The Kier molecular flexibility index (Phi) is 10.3. The number of nitrogens with zero attached hydrogens (tertiary/aromatic N) is 4. The zero-order valence-corrected chi connectivity index (χ0v) is 20.9. The number of guanidine groups is 1. The molecule has 1 saturated heterocycles. The second-order valence-electron chi connectivity index (χ2n) is 7.61. The van der Waals surface area contributed by atoms with Gasteiger partial charge in [-0.05, 0) is 44.4 Å². The minimum absolute atomic E-state index is 0. The van der Waals surface area contributed by atoms with Crippen LogP contribution in [0.4, 0.5) is 10.1 Å². The van der Waals surface area contributed by atoms with Crippen LogP contribution >= 0.6 is 24.0 Å². The summed E-state index contributed by atoms with van der Waals surface area (Å²) < 4.78 is 19.1. The van der Waals surface area contributed by atoms with Gasteiger partial charge in [-0.25, -0.2) is 4.39 Å². The maximum Gasteiger partial charge on any atom is 0.194 e. The van der Waals surface area contributed by atoms with Crippen LogP contribution in [0.2, 0.25) is 0 Å². The van der Waals surface area contributed by atoms with Crippen LogP contribution in [0, 0.1) is 5.82 Å². The van der Waals surface area contributed by atoms with E-state index in [1.807, 2.05) is 51.5 Å². The molecule has 0 bridgehead atoms. The molecule has 3 rings (SSSR count). The van der Waals surface area contributed by atoms with E-state index >= 15 is 0 Å². The first kappa shape index (κ1) is 25.2. The van der Waals surface area contributed by atoms with Crippen LogP contribution in [-0.2, 0) is 6.54 Å². The Bertz CT molecular complexity index is 823. The highest BCUT2D eigenvalue weighted by Gasteiger charge is 2.20. The lowest BCUT2D eigenvalue weighted by atomic mass is 10.2. The molecule has 2 aromatic carbocycles. The monoisotopic (exact) mass is 541 g/mol. The first-order chi connectivity index (χ1) is 14.6. The molecule has 31 heavy (non-hydrogen) atoms. The first-order valence-electron chi connectivity index (χ1n) is 10.4. The van der Waals surface area contributed by atoms with E-state index in [2.05, 4.69) is 31.1 Å². The largest absolute Gasteiger partial charge is 0.492 e. The van der Waals surface area contributed by atoms with Crippen molar-refractivity contribution in [2.24, 2.45) is 4.99 Å². The number of rotatable bonds is 7. The summed E-state index contributed by atoms with van der Waals surface area (Å²) in [5.41, 5.74) is 2.17. The fourth-order valence-corrected chi connectivity index (χ4v) is 3.46. The highest BCUT2D eigenvalue weighted by Crippen LogP contribution is 2.19. The van der Waals surface area contributed by atoms with Crippen LogP contribution in [0.3, 0.4) is 0 Å². The van der Waals surface area contributed by atoms with Crippen molar-refractivity contribution in [3.63, 3.8) is 0 Å². The Morgan fingerprint density at radius 1 is 1.06 bits per heavy atom. The van der Waals surface area contributed by atoms with E-state index in [0.29, 0.717) is 13.2 Å². The highest BCUT2D eigenvalue weighted by atomic mass is 127. The van der Waals surface area contributed by atoms with E-state index in [0.717, 1.165) is 55.7 Å². The second kappa shape index (κ2) is 12.7. The van der Waals surface area contributed by atoms with Crippen molar-refractivity contribution < 1.29 is 9.13 Å². The van der Waals surface area contributed by atoms with Gasteiger partial charge >= 0.3 is 0 Å². The lowest BCUT2D eigenvalue weighted by Gasteiger charge is -2.37. The molecule has 0 spiro atoms. The summed E-state index contributed by atoms with van der Waals surface area (Å²) in [6, 6.07) is 14.8. The van der Waals surface area contributed by atoms with Crippen molar-refractivity contribution in [3.8, 4) is 5.75 Å². The summed E-state index contributed by atoms with van der Waals surface area (Å²) >= 11 is 0. The van der Waals surface area contributed by atoms with Gasteiger partial charge in [-0.1, -0.05) is 18.2 Å². The van der Waals surface area contributed by atoms with Gasteiger partial charge < -0.3 is 24.8 Å². The quantitative estimate of drug-likeness (QED) is 0.331. The number of hydrogen-bond donors (Lipinski definition) is 1. The van der Waals surface area contributed by atoms with E-state index < -0.39 is 0 Å². The number of ether oxygens (including phenoxy) is 1. The van der Waals surface area contributed by atoms with Crippen LogP contribution < -0.4 is 15.0 Å². The SMILES string of the molecule is CN=C(NCc1ccccc1OCCN(C)C)N1CCN(c2ccc(F)cc2)CC1.I. The minimum Gasteiger partial charge on any atom is -0.492 e. The summed E-state index contributed by atoms with van der Waals surface area (Å²) in [6.45, 7) is 5.65. The molecule has 1 aliphatic heterocycles. The Morgan fingerprint density at radius 2 is 1.74 bits per heavy atom. The summed E-state index contributed by atoms with van der Waals surface area (Å²) in [4.78, 5) is 11.1. The molecule has 8 heteroatoms. The van der Waals surface area contributed by atoms with E-state index in [9.17, 15) is 4.39 Å². The van der Waals surface area contributed by atoms with Crippen LogP contribution in [0.15, 0.2) is 53.5 Å². The molecule has 0 unspecified atom stereocenters. The smallest absolute Gasteiger partial charge is 0.194 e. The van der Waals surface area contributed by atoms with Gasteiger partial charge in [0.2, 0.25) is 0 Å². The van der Waals surface area contributed by atoms with E-state index in [1.54, 1.807) is 0 Å². The second-order valence-corrected chi connectivity index (χ2v) is 7.61. The summed E-state index contributed by atoms with van der Waals surface area (Å²) in [5, 5.41) is 3.47. The molecule has 0 saturated carbocycles. The predicted molar refractivity (Wildman–Crippen MR) is 136 cm³/mol. The van der Waals surface area contributed by atoms with Gasteiger partial charge in [0.15, 0.2) is 5.96 Å². The van der Waals surface area contributed by atoms with Crippen LogP contribution in [0.5, 0.6) is 5.75 Å². The molecule has 0 aliphatic carbocycles. The fraction of sp³-hybridized carbons (Fsp3) is 0.435. The van der Waals surface area contributed by atoms with E-state index in [4.69, 9.17) is 4.74 Å². The standard InChI is InChI=1S/C23H32FN5O.HI/c1-25-23(26-18-19-6-4-5-7-22(19)30-17-16-27(2)3)29-14-12-28(13-15-29)21-10-8-20(24)9-11-21;/h4-11H,12-18H2,1-3H3,(H,25,26);1H. The van der Waals surface area contributed by atoms with Crippen molar-refractivity contribution in [3.05, 3.63) is 59.9 Å². The number of halogens is 2. The zero-order valence-electron chi connectivity index (χ0n) is 18.6. The third-order valence-electron chi connectivity index (χ3n) is 5.19. The number of likely N-dealkylation sites (N-methyl/N-ethyl adjacent to an activating group) is 1. The molecule has 0 aromatic heterocycles. The first-order valence-corrected chi connectivity index (χ1v) is 10.4. The number of nitrogens with one attached hydrogen (secondary N) is 1. The molecular weight excluding hydrogens is 508 g/mol. The van der Waals surface area contributed by atoms with Gasteiger partial charge in [-0.3, -0.25) is 4.99 Å². The molecule has 2 aromatic rings. The van der Waals surface area contributed by atoms with Crippen LogP contribution in [0.1, 0.15) is 5.56 Å². The maximum atomic E-state index is 13.2. The third kappa shape index (κ3) is 7.53. The number of aliphatic imine (C=N–C) groups is 1. The Morgan fingerprint density at radius 3 is 2.39 bits per heavy atom. The lowest BCUT2D eigenvalue weighted by Crippen LogP contribution is -2.52. The Hall–Kier alpha value is -2.07. The highest BCUT2D eigenvalue weighted by molar-refractivity contribution is 14.0. The van der Waals surface area contributed by atoms with Crippen molar-refractivity contribution >= 4 is 35.6 Å². The van der Waals surface area contributed by atoms with Gasteiger partial charge in [-0.2, -0.15) is 0 Å². The van der Waals surface area contributed by atoms with Crippen molar-refractivity contribution in [2.75, 3.05) is 65.4 Å². The minimum atomic E-state index is -0.201. The van der Waals surface area contributed by atoms with Crippen LogP contribution in [-0.4, -0.2) is 76.2 Å². The van der Waals surface area contributed by atoms with Gasteiger partial charge in [0.05, 0.1) is 0 Å². The van der Waals surface area contributed by atoms with Gasteiger partial charge in [0.1, 0.15) is 18.2 Å². The molecule has 0 atom stereocenters. The van der Waals surface area contributed by atoms with E-state index in [-0.39, 0.29) is 29.8 Å². The molecule has 1 N–H and O–H groups in total.